The molecule has 130 valence electrons. The lowest BCUT2D eigenvalue weighted by Gasteiger charge is -2.13. The van der Waals surface area contributed by atoms with E-state index in [1.54, 1.807) is 16.8 Å². The fourth-order valence-electron chi connectivity index (χ4n) is 2.81. The summed E-state index contributed by atoms with van der Waals surface area (Å²) >= 11 is 0. The molecule has 2 aromatic carbocycles. The second kappa shape index (κ2) is 6.41. The minimum atomic E-state index is -0.449. The Morgan fingerprint density at radius 1 is 1.04 bits per heavy atom. The number of anilines is 1. The number of rotatable bonds is 5. The van der Waals surface area contributed by atoms with E-state index in [1.807, 2.05) is 36.4 Å². The summed E-state index contributed by atoms with van der Waals surface area (Å²) in [7, 11) is 0. The second-order valence-electron chi connectivity index (χ2n) is 5.74. The van der Waals surface area contributed by atoms with E-state index in [-0.39, 0.29) is 18.8 Å². The van der Waals surface area contributed by atoms with E-state index in [1.165, 1.54) is 6.08 Å². The largest absolute Gasteiger partial charge is 0.395 e. The molecule has 0 unspecified atom stereocenters. The molecule has 2 amide bonds. The summed E-state index contributed by atoms with van der Waals surface area (Å²) in [5.41, 5.74) is 3.37. The van der Waals surface area contributed by atoms with Crippen LogP contribution in [0, 0.1) is 0 Å². The maximum Gasteiger partial charge on any atom is 0.277 e. The summed E-state index contributed by atoms with van der Waals surface area (Å²) in [5, 5.41) is 20.2. The van der Waals surface area contributed by atoms with Gasteiger partial charge in [0.05, 0.1) is 24.4 Å². The number of nitrogens with one attached hydrogen (secondary N) is 1. The molecule has 0 saturated carbocycles. The number of aliphatic hydroxyl groups excluding tert-OH is 1. The summed E-state index contributed by atoms with van der Waals surface area (Å²) in [6.45, 7) is -0.281. The third-order valence-corrected chi connectivity index (χ3v) is 4.08. The molecule has 1 aliphatic rings. The molecule has 3 aromatic rings. The number of nitrogens with zero attached hydrogens (tertiary/aromatic N) is 4. The molecule has 0 fully saturated rings. The highest BCUT2D eigenvalue weighted by Gasteiger charge is 2.30. The van der Waals surface area contributed by atoms with Crippen LogP contribution in [0.25, 0.3) is 16.7 Å². The Morgan fingerprint density at radius 3 is 2.58 bits per heavy atom. The standard InChI is InChI=1S/C18H15N5O3/c24-10-9-22-17(25)11-15(18(22)26)19-12-5-7-13(8-6-12)23-16-4-2-1-3-14(16)20-21-23/h1-8,11,19,24H,9-10H2. The lowest BCUT2D eigenvalue weighted by Crippen LogP contribution is -2.34. The fourth-order valence-corrected chi connectivity index (χ4v) is 2.81. The Morgan fingerprint density at radius 2 is 1.81 bits per heavy atom. The Hall–Kier alpha value is -3.52. The Bertz CT molecular complexity index is 1020. The maximum atomic E-state index is 12.2. The number of para-hydroxylation sites is 1. The van der Waals surface area contributed by atoms with Crippen molar-refractivity contribution in [1.82, 2.24) is 19.9 Å². The molecule has 4 rings (SSSR count). The van der Waals surface area contributed by atoms with Crippen LogP contribution in [-0.4, -0.2) is 50.0 Å². The van der Waals surface area contributed by atoms with Crippen molar-refractivity contribution in [3.05, 3.63) is 60.3 Å². The first-order valence-corrected chi connectivity index (χ1v) is 8.03. The lowest BCUT2D eigenvalue weighted by atomic mass is 10.2. The van der Waals surface area contributed by atoms with Crippen LogP contribution in [0.15, 0.2) is 60.3 Å². The van der Waals surface area contributed by atoms with Crippen molar-refractivity contribution in [2.24, 2.45) is 0 Å². The zero-order valence-corrected chi connectivity index (χ0v) is 13.7. The number of fused-ring (bicyclic) bond motifs is 1. The number of imide groups is 1. The predicted molar refractivity (Wildman–Crippen MR) is 94.4 cm³/mol. The molecule has 2 N–H and O–H groups in total. The molecular weight excluding hydrogens is 334 g/mol. The number of hydrogen-bond donors (Lipinski definition) is 2. The third kappa shape index (κ3) is 2.72. The summed E-state index contributed by atoms with van der Waals surface area (Å²) < 4.78 is 1.73. The van der Waals surface area contributed by atoms with Gasteiger partial charge in [0.2, 0.25) is 0 Å². The van der Waals surface area contributed by atoms with Crippen LogP contribution in [0.2, 0.25) is 0 Å². The van der Waals surface area contributed by atoms with E-state index >= 15 is 0 Å². The summed E-state index contributed by atoms with van der Waals surface area (Å²) in [4.78, 5) is 24.9. The quantitative estimate of drug-likeness (QED) is 0.669. The number of carbonyl (C=O) groups is 2. The van der Waals surface area contributed by atoms with Crippen LogP contribution in [-0.2, 0) is 9.59 Å². The second-order valence-corrected chi connectivity index (χ2v) is 5.74. The first-order chi connectivity index (χ1) is 12.7. The maximum absolute atomic E-state index is 12.2. The van der Waals surface area contributed by atoms with E-state index in [4.69, 9.17) is 5.11 Å². The normalized spacial score (nSPS) is 14.2. The average molecular weight is 349 g/mol. The molecule has 1 aliphatic heterocycles. The predicted octanol–water partition coefficient (Wildman–Crippen LogP) is 1.08. The van der Waals surface area contributed by atoms with Crippen molar-refractivity contribution >= 4 is 28.5 Å². The minimum Gasteiger partial charge on any atom is -0.395 e. The number of β-amino-alcohol motifs (C(OH)–C–C–N with tert-alkyl or cyclic N) is 1. The van der Waals surface area contributed by atoms with E-state index < -0.39 is 11.8 Å². The van der Waals surface area contributed by atoms with E-state index in [2.05, 4.69) is 15.6 Å². The van der Waals surface area contributed by atoms with Crippen molar-refractivity contribution in [3.8, 4) is 5.69 Å². The molecule has 8 nitrogen and oxygen atoms in total. The van der Waals surface area contributed by atoms with Gasteiger partial charge < -0.3 is 10.4 Å². The number of carbonyl (C=O) groups excluding carboxylic acids is 2. The fraction of sp³-hybridized carbons (Fsp3) is 0.111. The Kier molecular flexibility index (Phi) is 3.94. The van der Waals surface area contributed by atoms with Gasteiger partial charge in [0, 0.05) is 11.8 Å². The molecule has 0 bridgehead atoms. The molecule has 26 heavy (non-hydrogen) atoms. The highest BCUT2D eigenvalue weighted by molar-refractivity contribution is 6.17. The van der Waals surface area contributed by atoms with Crippen LogP contribution in [0.1, 0.15) is 0 Å². The van der Waals surface area contributed by atoms with Gasteiger partial charge in [0.25, 0.3) is 11.8 Å². The molecule has 1 aromatic heterocycles. The van der Waals surface area contributed by atoms with Gasteiger partial charge in [0.15, 0.2) is 0 Å². The van der Waals surface area contributed by atoms with Crippen LogP contribution < -0.4 is 5.32 Å². The zero-order chi connectivity index (χ0) is 18.1. The van der Waals surface area contributed by atoms with Crippen molar-refractivity contribution in [2.45, 2.75) is 0 Å². The van der Waals surface area contributed by atoms with Crippen molar-refractivity contribution in [1.29, 1.82) is 0 Å². The van der Waals surface area contributed by atoms with E-state index in [0.717, 1.165) is 21.6 Å². The van der Waals surface area contributed by atoms with Gasteiger partial charge in [-0.3, -0.25) is 14.5 Å². The molecule has 0 aliphatic carbocycles. The summed E-state index contributed by atoms with van der Waals surface area (Å²) in [6.07, 6.45) is 1.23. The van der Waals surface area contributed by atoms with Gasteiger partial charge in [-0.05, 0) is 36.4 Å². The Balaban J connectivity index is 1.55. The van der Waals surface area contributed by atoms with Crippen LogP contribution in [0.4, 0.5) is 5.69 Å². The molecule has 2 heterocycles. The highest BCUT2D eigenvalue weighted by Crippen LogP contribution is 2.20. The summed E-state index contributed by atoms with van der Waals surface area (Å²) in [6, 6.07) is 14.9. The number of benzene rings is 2. The van der Waals surface area contributed by atoms with Gasteiger partial charge in [-0.1, -0.05) is 17.3 Å². The molecule has 0 atom stereocenters. The van der Waals surface area contributed by atoms with Gasteiger partial charge in [-0.15, -0.1) is 5.10 Å². The average Bonchev–Trinajstić information content (AvgIpc) is 3.20. The molecular formula is C18H15N5O3. The Labute approximate surface area is 148 Å². The van der Waals surface area contributed by atoms with Crippen LogP contribution in [0.3, 0.4) is 0 Å². The number of aliphatic hydroxyl groups is 1. The van der Waals surface area contributed by atoms with Gasteiger partial charge in [-0.2, -0.15) is 0 Å². The SMILES string of the molecule is O=C1C=C(Nc2ccc(-n3nnc4ccccc43)cc2)C(=O)N1CCO. The van der Waals surface area contributed by atoms with E-state index in [9.17, 15) is 9.59 Å². The van der Waals surface area contributed by atoms with Gasteiger partial charge in [0.1, 0.15) is 11.2 Å². The zero-order valence-electron chi connectivity index (χ0n) is 13.7. The van der Waals surface area contributed by atoms with E-state index in [0.29, 0.717) is 5.69 Å². The van der Waals surface area contributed by atoms with Crippen LogP contribution >= 0.6 is 0 Å². The first kappa shape index (κ1) is 16.0. The van der Waals surface area contributed by atoms with Crippen molar-refractivity contribution in [3.63, 3.8) is 0 Å². The highest BCUT2D eigenvalue weighted by atomic mass is 16.3. The van der Waals surface area contributed by atoms with Crippen molar-refractivity contribution in [2.75, 3.05) is 18.5 Å². The topological polar surface area (TPSA) is 100 Å². The lowest BCUT2D eigenvalue weighted by molar-refractivity contribution is -0.137. The van der Waals surface area contributed by atoms with Crippen molar-refractivity contribution < 1.29 is 14.7 Å². The number of hydrogen-bond acceptors (Lipinski definition) is 6. The molecule has 0 radical (unpaired) electrons. The molecule has 8 heteroatoms. The third-order valence-electron chi connectivity index (χ3n) is 4.08. The van der Waals surface area contributed by atoms with Crippen LogP contribution in [0.5, 0.6) is 0 Å². The number of aromatic nitrogens is 3. The number of amides is 2. The first-order valence-electron chi connectivity index (χ1n) is 8.03. The monoisotopic (exact) mass is 349 g/mol. The minimum absolute atomic E-state index is 0.0162. The molecule has 0 saturated heterocycles. The van der Waals surface area contributed by atoms with Gasteiger partial charge in [-0.25, -0.2) is 4.68 Å². The van der Waals surface area contributed by atoms with Gasteiger partial charge >= 0.3 is 0 Å². The summed E-state index contributed by atoms with van der Waals surface area (Å²) in [5.74, 6) is -0.882. The smallest absolute Gasteiger partial charge is 0.277 e. The molecule has 0 spiro atoms.